The van der Waals surface area contributed by atoms with Crippen LogP contribution in [0.2, 0.25) is 0 Å². The maximum absolute atomic E-state index is 12.9. The van der Waals surface area contributed by atoms with Gasteiger partial charge in [-0.15, -0.1) is 0 Å². The third-order valence-electron chi connectivity index (χ3n) is 14.8. The molecule has 6 heteroatoms. The van der Waals surface area contributed by atoms with E-state index in [1.807, 2.05) is 0 Å². The standard InChI is InChI=1S/C63H122O6/c1-6-8-9-10-11-12-13-14-15-16-23-28-33-38-43-48-53-61(64)67-56-60(57-68-62(65)54-49-44-39-34-29-24-19-17-21-26-31-36-41-46-51-58(3)4)69-63(66)55-50-45-40-35-30-25-20-18-22-27-32-37-42-47-52-59(5)7-2/h58-60H,6-57H2,1-5H3/t59?,60-/m0/s1. The van der Waals surface area contributed by atoms with E-state index in [4.69, 9.17) is 14.2 Å². The zero-order chi connectivity index (χ0) is 50.4. The van der Waals surface area contributed by atoms with Crippen LogP contribution < -0.4 is 0 Å². The highest BCUT2D eigenvalue weighted by Gasteiger charge is 2.19. The predicted octanol–water partition coefficient (Wildman–Crippen LogP) is 20.8. The molecule has 0 aliphatic carbocycles. The van der Waals surface area contributed by atoms with Crippen molar-refractivity contribution in [2.45, 2.75) is 362 Å². The average Bonchev–Trinajstić information content (AvgIpc) is 3.34. The topological polar surface area (TPSA) is 78.9 Å². The monoisotopic (exact) mass is 975 g/mol. The first-order valence-electron chi connectivity index (χ1n) is 31.3. The molecule has 0 aromatic rings. The number of rotatable bonds is 57. The second-order valence-corrected chi connectivity index (χ2v) is 22.4. The zero-order valence-corrected chi connectivity index (χ0v) is 47.5. The van der Waals surface area contributed by atoms with Crippen molar-refractivity contribution in [3.8, 4) is 0 Å². The Balaban J connectivity index is 4.30. The third kappa shape index (κ3) is 55.6. The third-order valence-corrected chi connectivity index (χ3v) is 14.8. The quantitative estimate of drug-likeness (QED) is 0.0343. The molecule has 410 valence electrons. The Morgan fingerprint density at radius 2 is 0.551 bits per heavy atom. The summed E-state index contributed by atoms with van der Waals surface area (Å²) in [6, 6.07) is 0. The van der Waals surface area contributed by atoms with Gasteiger partial charge >= 0.3 is 17.9 Å². The Morgan fingerprint density at radius 1 is 0.304 bits per heavy atom. The largest absolute Gasteiger partial charge is 0.462 e. The van der Waals surface area contributed by atoms with Crippen molar-refractivity contribution in [1.29, 1.82) is 0 Å². The van der Waals surface area contributed by atoms with Crippen LogP contribution in [0.25, 0.3) is 0 Å². The van der Waals surface area contributed by atoms with E-state index in [0.29, 0.717) is 19.3 Å². The maximum atomic E-state index is 12.9. The molecule has 0 rings (SSSR count). The van der Waals surface area contributed by atoms with Gasteiger partial charge in [0, 0.05) is 19.3 Å². The minimum atomic E-state index is -0.763. The minimum Gasteiger partial charge on any atom is -0.462 e. The fourth-order valence-electron chi connectivity index (χ4n) is 9.73. The molecule has 0 aromatic carbocycles. The molecule has 0 amide bonds. The molecule has 0 aliphatic rings. The van der Waals surface area contributed by atoms with Crippen molar-refractivity contribution in [1.82, 2.24) is 0 Å². The van der Waals surface area contributed by atoms with E-state index in [1.165, 1.54) is 244 Å². The fraction of sp³-hybridized carbons (Fsp3) is 0.952. The first kappa shape index (κ1) is 67.4. The lowest BCUT2D eigenvalue weighted by Gasteiger charge is -2.18. The van der Waals surface area contributed by atoms with Crippen LogP contribution in [0, 0.1) is 11.8 Å². The van der Waals surface area contributed by atoms with E-state index in [0.717, 1.165) is 69.6 Å². The van der Waals surface area contributed by atoms with Crippen LogP contribution in [0.1, 0.15) is 356 Å². The number of ether oxygens (including phenoxy) is 3. The molecule has 2 atom stereocenters. The van der Waals surface area contributed by atoms with Crippen LogP contribution in [-0.2, 0) is 28.6 Å². The van der Waals surface area contributed by atoms with Crippen molar-refractivity contribution in [3.05, 3.63) is 0 Å². The number of esters is 3. The van der Waals surface area contributed by atoms with Gasteiger partial charge in [-0.2, -0.15) is 0 Å². The molecule has 0 heterocycles. The fourth-order valence-corrected chi connectivity index (χ4v) is 9.73. The van der Waals surface area contributed by atoms with Gasteiger partial charge in [0.05, 0.1) is 0 Å². The summed E-state index contributed by atoms with van der Waals surface area (Å²) in [6.07, 6.45) is 60.9. The summed E-state index contributed by atoms with van der Waals surface area (Å²) >= 11 is 0. The summed E-state index contributed by atoms with van der Waals surface area (Å²) in [5, 5.41) is 0. The van der Waals surface area contributed by atoms with Crippen LogP contribution in [0.3, 0.4) is 0 Å². The van der Waals surface area contributed by atoms with Gasteiger partial charge < -0.3 is 14.2 Å². The number of carbonyl (C=O) groups excluding carboxylic acids is 3. The number of carbonyl (C=O) groups is 3. The number of unbranched alkanes of at least 4 members (excludes halogenated alkanes) is 41. The Labute approximate surface area is 431 Å². The molecule has 0 N–H and O–H groups in total. The molecule has 0 spiro atoms. The molecule has 0 aromatic heterocycles. The van der Waals surface area contributed by atoms with Crippen molar-refractivity contribution >= 4 is 17.9 Å². The lowest BCUT2D eigenvalue weighted by Crippen LogP contribution is -2.30. The van der Waals surface area contributed by atoms with Crippen molar-refractivity contribution < 1.29 is 28.6 Å². The second-order valence-electron chi connectivity index (χ2n) is 22.4. The van der Waals surface area contributed by atoms with Crippen LogP contribution in [-0.4, -0.2) is 37.2 Å². The Bertz CT molecular complexity index is 1060. The Hall–Kier alpha value is -1.59. The summed E-state index contributed by atoms with van der Waals surface area (Å²) in [6.45, 7) is 11.5. The smallest absolute Gasteiger partial charge is 0.306 e. The van der Waals surface area contributed by atoms with E-state index in [-0.39, 0.29) is 31.1 Å². The van der Waals surface area contributed by atoms with Crippen molar-refractivity contribution in [2.24, 2.45) is 11.8 Å². The van der Waals surface area contributed by atoms with Crippen LogP contribution in [0.5, 0.6) is 0 Å². The molecule has 0 radical (unpaired) electrons. The second kappa shape index (κ2) is 55.7. The molecular formula is C63H122O6. The minimum absolute atomic E-state index is 0.0620. The van der Waals surface area contributed by atoms with Gasteiger partial charge in [-0.3, -0.25) is 14.4 Å². The number of hydrogen-bond acceptors (Lipinski definition) is 6. The molecule has 0 saturated heterocycles. The van der Waals surface area contributed by atoms with Gasteiger partial charge in [0.15, 0.2) is 6.10 Å². The highest BCUT2D eigenvalue weighted by atomic mass is 16.6. The molecular weight excluding hydrogens is 853 g/mol. The summed E-state index contributed by atoms with van der Waals surface area (Å²) in [7, 11) is 0. The molecule has 69 heavy (non-hydrogen) atoms. The van der Waals surface area contributed by atoms with E-state index in [2.05, 4.69) is 34.6 Å². The first-order chi connectivity index (χ1) is 33.8. The summed E-state index contributed by atoms with van der Waals surface area (Å²) in [5.74, 6) is 0.907. The lowest BCUT2D eigenvalue weighted by atomic mass is 9.99. The van der Waals surface area contributed by atoms with E-state index in [1.54, 1.807) is 0 Å². The number of hydrogen-bond donors (Lipinski definition) is 0. The molecule has 0 saturated carbocycles. The van der Waals surface area contributed by atoms with Crippen molar-refractivity contribution in [3.63, 3.8) is 0 Å². The predicted molar refractivity (Wildman–Crippen MR) is 298 cm³/mol. The van der Waals surface area contributed by atoms with Gasteiger partial charge in [-0.25, -0.2) is 0 Å². The maximum Gasteiger partial charge on any atom is 0.306 e. The Kier molecular flexibility index (Phi) is 54.4. The summed E-state index contributed by atoms with van der Waals surface area (Å²) in [5.41, 5.74) is 0. The van der Waals surface area contributed by atoms with Gasteiger partial charge in [0.2, 0.25) is 0 Å². The van der Waals surface area contributed by atoms with Crippen LogP contribution >= 0.6 is 0 Å². The van der Waals surface area contributed by atoms with E-state index in [9.17, 15) is 14.4 Å². The first-order valence-corrected chi connectivity index (χ1v) is 31.3. The SMILES string of the molecule is CCCCCCCCCCCCCCCCCCC(=O)OC[C@@H](COC(=O)CCCCCCCCCCCCCCCCC(C)C)OC(=O)CCCCCCCCCCCCCCCCC(C)CC. The van der Waals surface area contributed by atoms with Crippen LogP contribution in [0.4, 0.5) is 0 Å². The molecule has 0 bridgehead atoms. The molecule has 6 nitrogen and oxygen atoms in total. The van der Waals surface area contributed by atoms with E-state index < -0.39 is 6.10 Å². The van der Waals surface area contributed by atoms with Gasteiger partial charge in [0.1, 0.15) is 13.2 Å². The molecule has 1 unspecified atom stereocenters. The normalized spacial score (nSPS) is 12.4. The summed E-state index contributed by atoms with van der Waals surface area (Å²) in [4.78, 5) is 38.3. The summed E-state index contributed by atoms with van der Waals surface area (Å²) < 4.78 is 17.0. The highest BCUT2D eigenvalue weighted by Crippen LogP contribution is 2.19. The van der Waals surface area contributed by atoms with Gasteiger partial charge in [-0.1, -0.05) is 317 Å². The van der Waals surface area contributed by atoms with E-state index >= 15 is 0 Å². The van der Waals surface area contributed by atoms with Crippen LogP contribution in [0.15, 0.2) is 0 Å². The zero-order valence-electron chi connectivity index (χ0n) is 47.5. The molecule has 0 aliphatic heterocycles. The molecule has 0 fully saturated rings. The Morgan fingerprint density at radius 3 is 0.826 bits per heavy atom. The highest BCUT2D eigenvalue weighted by molar-refractivity contribution is 5.71. The van der Waals surface area contributed by atoms with Gasteiger partial charge in [-0.05, 0) is 31.1 Å². The van der Waals surface area contributed by atoms with Crippen molar-refractivity contribution in [2.75, 3.05) is 13.2 Å². The average molecular weight is 976 g/mol. The van der Waals surface area contributed by atoms with Gasteiger partial charge in [0.25, 0.3) is 0 Å². The lowest BCUT2D eigenvalue weighted by molar-refractivity contribution is -0.167.